The number of carboxylic acids is 1. The summed E-state index contributed by atoms with van der Waals surface area (Å²) in [6.07, 6.45) is 2.07. The van der Waals surface area contributed by atoms with E-state index in [1.165, 1.54) is 11.5 Å². The largest absolute Gasteiger partial charge is 0.480 e. The van der Waals surface area contributed by atoms with E-state index in [9.17, 15) is 4.79 Å². The molecule has 1 heterocycles. The van der Waals surface area contributed by atoms with Crippen LogP contribution >= 0.6 is 11.8 Å². The number of piperidine rings is 1. The van der Waals surface area contributed by atoms with Gasteiger partial charge < -0.3 is 14.7 Å². The molecule has 0 radical (unpaired) electrons. The molecule has 0 unspecified atom stereocenters. The third-order valence-corrected chi connectivity index (χ3v) is 3.61. The summed E-state index contributed by atoms with van der Waals surface area (Å²) in [5.41, 5.74) is 0. The zero-order valence-electron chi connectivity index (χ0n) is 9.85. The number of rotatable bonds is 7. The number of nitrogens with zero attached hydrogens (tertiary/aromatic N) is 1. The molecule has 0 aliphatic carbocycles. The van der Waals surface area contributed by atoms with Crippen LogP contribution in [-0.4, -0.2) is 59.8 Å². The quantitative estimate of drug-likeness (QED) is 0.687. The van der Waals surface area contributed by atoms with E-state index in [1.54, 1.807) is 0 Å². The summed E-state index contributed by atoms with van der Waals surface area (Å²) >= 11 is 1.97. The highest BCUT2D eigenvalue weighted by Crippen LogP contribution is 2.14. The summed E-state index contributed by atoms with van der Waals surface area (Å²) < 4.78 is 5.29. The van der Waals surface area contributed by atoms with Crippen LogP contribution < -0.4 is 0 Å². The SMILES string of the molecule is CCSCCN1CCC(OCC(=O)O)CC1. The molecule has 16 heavy (non-hydrogen) atoms. The van der Waals surface area contributed by atoms with E-state index in [1.807, 2.05) is 11.8 Å². The Hall–Kier alpha value is -0.260. The highest BCUT2D eigenvalue weighted by molar-refractivity contribution is 7.99. The van der Waals surface area contributed by atoms with Gasteiger partial charge in [-0.05, 0) is 18.6 Å². The average molecular weight is 247 g/mol. The molecule has 4 nitrogen and oxygen atoms in total. The lowest BCUT2D eigenvalue weighted by Crippen LogP contribution is -2.38. The molecule has 0 saturated carbocycles. The third-order valence-electron chi connectivity index (χ3n) is 2.73. The molecule has 1 N–H and O–H groups in total. The number of likely N-dealkylation sites (tertiary alicyclic amines) is 1. The van der Waals surface area contributed by atoms with Gasteiger partial charge in [-0.3, -0.25) is 0 Å². The minimum absolute atomic E-state index is 0.145. The van der Waals surface area contributed by atoms with Crippen molar-refractivity contribution in [1.82, 2.24) is 4.90 Å². The van der Waals surface area contributed by atoms with Gasteiger partial charge in [-0.25, -0.2) is 4.79 Å². The molecule has 5 heteroatoms. The van der Waals surface area contributed by atoms with Crippen molar-refractivity contribution in [3.8, 4) is 0 Å². The summed E-state index contributed by atoms with van der Waals surface area (Å²) in [7, 11) is 0. The van der Waals surface area contributed by atoms with E-state index in [0.717, 1.165) is 32.5 Å². The van der Waals surface area contributed by atoms with Crippen molar-refractivity contribution in [3.63, 3.8) is 0 Å². The topological polar surface area (TPSA) is 49.8 Å². The fraction of sp³-hybridized carbons (Fsp3) is 0.909. The van der Waals surface area contributed by atoms with Crippen LogP contribution in [0, 0.1) is 0 Å². The van der Waals surface area contributed by atoms with Gasteiger partial charge in [0.25, 0.3) is 0 Å². The van der Waals surface area contributed by atoms with Crippen molar-refractivity contribution in [3.05, 3.63) is 0 Å². The summed E-state index contributed by atoms with van der Waals surface area (Å²) in [5, 5.41) is 8.50. The van der Waals surface area contributed by atoms with E-state index < -0.39 is 5.97 Å². The third kappa shape index (κ3) is 5.72. The molecular weight excluding hydrogens is 226 g/mol. The summed E-state index contributed by atoms with van der Waals surface area (Å²) in [6, 6.07) is 0. The number of hydrogen-bond donors (Lipinski definition) is 1. The fourth-order valence-corrected chi connectivity index (χ4v) is 2.50. The molecule has 94 valence electrons. The highest BCUT2D eigenvalue weighted by Gasteiger charge is 2.19. The van der Waals surface area contributed by atoms with Gasteiger partial charge in [0.2, 0.25) is 0 Å². The number of aliphatic carboxylic acids is 1. The van der Waals surface area contributed by atoms with Crippen LogP contribution in [0.15, 0.2) is 0 Å². The molecule has 0 aromatic heterocycles. The molecular formula is C11H21NO3S. The molecule has 0 amide bonds. The summed E-state index contributed by atoms with van der Waals surface area (Å²) in [4.78, 5) is 12.8. The second kappa shape index (κ2) is 7.92. The lowest BCUT2D eigenvalue weighted by Gasteiger charge is -2.31. The first kappa shape index (κ1) is 13.8. The van der Waals surface area contributed by atoms with E-state index in [-0.39, 0.29) is 12.7 Å². The molecule has 1 fully saturated rings. The number of hydrogen-bond acceptors (Lipinski definition) is 4. The standard InChI is InChI=1S/C11H21NO3S/c1-2-16-8-7-12-5-3-10(4-6-12)15-9-11(13)14/h10H,2-9H2,1H3,(H,13,14). The van der Waals surface area contributed by atoms with Crippen LogP contribution in [0.3, 0.4) is 0 Å². The van der Waals surface area contributed by atoms with Crippen molar-refractivity contribution >= 4 is 17.7 Å². The van der Waals surface area contributed by atoms with Crippen molar-refractivity contribution in [1.29, 1.82) is 0 Å². The second-order valence-corrected chi connectivity index (χ2v) is 5.34. The zero-order valence-corrected chi connectivity index (χ0v) is 10.7. The van der Waals surface area contributed by atoms with Gasteiger partial charge in [-0.15, -0.1) is 0 Å². The summed E-state index contributed by atoms with van der Waals surface area (Å²) in [5.74, 6) is 1.50. The number of carboxylic acid groups (broad SMARTS) is 1. The van der Waals surface area contributed by atoms with Crippen LogP contribution in [0.25, 0.3) is 0 Å². The van der Waals surface area contributed by atoms with Crippen LogP contribution in [0.2, 0.25) is 0 Å². The first-order valence-electron chi connectivity index (χ1n) is 5.86. The number of ether oxygens (including phenoxy) is 1. The maximum atomic E-state index is 10.3. The first-order chi connectivity index (χ1) is 7.72. The van der Waals surface area contributed by atoms with Crippen molar-refractivity contribution < 1.29 is 14.6 Å². The van der Waals surface area contributed by atoms with Crippen molar-refractivity contribution in [2.75, 3.05) is 37.7 Å². The molecule has 0 aromatic rings. The van der Waals surface area contributed by atoms with E-state index >= 15 is 0 Å². The molecule has 1 aliphatic rings. The normalized spacial score (nSPS) is 18.8. The fourth-order valence-electron chi connectivity index (χ4n) is 1.83. The molecule has 1 aliphatic heterocycles. The van der Waals surface area contributed by atoms with Gasteiger partial charge in [-0.1, -0.05) is 6.92 Å². The van der Waals surface area contributed by atoms with Crippen LogP contribution in [0.1, 0.15) is 19.8 Å². The number of thioether (sulfide) groups is 1. The van der Waals surface area contributed by atoms with Crippen molar-refractivity contribution in [2.24, 2.45) is 0 Å². The molecule has 1 rings (SSSR count). The van der Waals surface area contributed by atoms with Crippen LogP contribution in [0.4, 0.5) is 0 Å². The number of carbonyl (C=O) groups is 1. The minimum atomic E-state index is -0.873. The predicted molar refractivity (Wildman–Crippen MR) is 66.0 cm³/mol. The van der Waals surface area contributed by atoms with Gasteiger partial charge in [0, 0.05) is 25.4 Å². The van der Waals surface area contributed by atoms with Gasteiger partial charge in [0.1, 0.15) is 6.61 Å². The first-order valence-corrected chi connectivity index (χ1v) is 7.01. The molecule has 0 atom stereocenters. The van der Waals surface area contributed by atoms with Crippen molar-refractivity contribution in [2.45, 2.75) is 25.9 Å². The molecule has 1 saturated heterocycles. The van der Waals surface area contributed by atoms with Gasteiger partial charge >= 0.3 is 5.97 Å². The lowest BCUT2D eigenvalue weighted by molar-refractivity contribution is -0.145. The Kier molecular flexibility index (Phi) is 6.84. The monoisotopic (exact) mass is 247 g/mol. The smallest absolute Gasteiger partial charge is 0.329 e. The zero-order chi connectivity index (χ0) is 11.8. The van der Waals surface area contributed by atoms with Gasteiger partial charge in [0.15, 0.2) is 0 Å². The van der Waals surface area contributed by atoms with Crippen LogP contribution in [0.5, 0.6) is 0 Å². The lowest BCUT2D eigenvalue weighted by atomic mass is 10.1. The molecule has 0 spiro atoms. The molecule has 0 aromatic carbocycles. The van der Waals surface area contributed by atoms with Gasteiger partial charge in [0.05, 0.1) is 6.10 Å². The highest BCUT2D eigenvalue weighted by atomic mass is 32.2. The Labute approximate surface area is 101 Å². The molecule has 0 bridgehead atoms. The Morgan fingerprint density at radius 3 is 2.75 bits per heavy atom. The maximum Gasteiger partial charge on any atom is 0.329 e. The summed E-state index contributed by atoms with van der Waals surface area (Å²) in [6.45, 7) is 5.24. The van der Waals surface area contributed by atoms with E-state index in [2.05, 4.69) is 11.8 Å². The Balaban J connectivity index is 2.06. The van der Waals surface area contributed by atoms with E-state index in [4.69, 9.17) is 9.84 Å². The average Bonchev–Trinajstić information content (AvgIpc) is 2.28. The second-order valence-electron chi connectivity index (χ2n) is 3.94. The predicted octanol–water partition coefficient (Wildman–Crippen LogP) is 1.31. The van der Waals surface area contributed by atoms with E-state index in [0.29, 0.717) is 0 Å². The van der Waals surface area contributed by atoms with Gasteiger partial charge in [-0.2, -0.15) is 11.8 Å². The Morgan fingerprint density at radius 1 is 1.50 bits per heavy atom. The maximum absolute atomic E-state index is 10.3. The minimum Gasteiger partial charge on any atom is -0.480 e. The Bertz CT molecular complexity index is 205. The Morgan fingerprint density at radius 2 is 2.19 bits per heavy atom. The van der Waals surface area contributed by atoms with Crippen LogP contribution in [-0.2, 0) is 9.53 Å².